The van der Waals surface area contributed by atoms with Crippen molar-refractivity contribution in [2.75, 3.05) is 5.32 Å². The molecule has 0 saturated carbocycles. The molecule has 2 heterocycles. The Labute approximate surface area is 74.4 Å². The Bertz CT molecular complexity index is 448. The lowest BCUT2D eigenvalue weighted by Crippen LogP contribution is -2.06. The van der Waals surface area contributed by atoms with Crippen molar-refractivity contribution in [1.82, 2.24) is 14.4 Å². The Morgan fingerprint density at radius 2 is 2.38 bits per heavy atom. The van der Waals surface area contributed by atoms with Gasteiger partial charge in [0.2, 0.25) is 5.91 Å². The lowest BCUT2D eigenvalue weighted by atomic mass is 10.5. The van der Waals surface area contributed by atoms with Crippen LogP contribution in [0.3, 0.4) is 0 Å². The highest BCUT2D eigenvalue weighted by atomic mass is 16.1. The monoisotopic (exact) mass is 176 g/mol. The van der Waals surface area contributed by atoms with E-state index in [4.69, 9.17) is 0 Å². The largest absolute Gasteiger partial charge is 0.308 e. The maximum Gasteiger partial charge on any atom is 0.222 e. The number of aromatic nitrogens is 3. The van der Waals surface area contributed by atoms with Crippen LogP contribution in [0.25, 0.3) is 5.65 Å². The molecule has 0 spiro atoms. The van der Waals surface area contributed by atoms with Crippen molar-refractivity contribution in [3.05, 3.63) is 24.8 Å². The summed E-state index contributed by atoms with van der Waals surface area (Å²) in [5.74, 6) is 0.347. The second-order valence-corrected chi connectivity index (χ2v) is 2.62. The van der Waals surface area contributed by atoms with E-state index in [0.29, 0.717) is 11.5 Å². The van der Waals surface area contributed by atoms with Crippen LogP contribution in [0.4, 0.5) is 5.82 Å². The summed E-state index contributed by atoms with van der Waals surface area (Å²) in [6.07, 6.45) is 5.08. The molecule has 0 aromatic carbocycles. The molecular formula is C8H8N4O. The van der Waals surface area contributed by atoms with Crippen molar-refractivity contribution in [2.45, 2.75) is 6.92 Å². The van der Waals surface area contributed by atoms with Crippen LogP contribution in [0, 0.1) is 0 Å². The molecule has 0 atom stereocenters. The number of carbonyl (C=O) groups excluding carboxylic acids is 1. The maximum atomic E-state index is 10.8. The summed E-state index contributed by atoms with van der Waals surface area (Å²) in [7, 11) is 0. The summed E-state index contributed by atoms with van der Waals surface area (Å²) >= 11 is 0. The van der Waals surface area contributed by atoms with Gasteiger partial charge >= 0.3 is 0 Å². The van der Waals surface area contributed by atoms with Gasteiger partial charge in [0.1, 0.15) is 6.33 Å². The Balaban J connectivity index is 2.51. The molecule has 0 aliphatic carbocycles. The minimum Gasteiger partial charge on any atom is -0.308 e. The van der Waals surface area contributed by atoms with Crippen LogP contribution in [0.5, 0.6) is 0 Å². The van der Waals surface area contributed by atoms with E-state index >= 15 is 0 Å². The molecule has 0 fully saturated rings. The Hall–Kier alpha value is -1.91. The highest BCUT2D eigenvalue weighted by Gasteiger charge is 2.04. The number of hydrogen-bond acceptors (Lipinski definition) is 3. The number of amides is 1. The molecule has 5 heteroatoms. The first-order valence-electron chi connectivity index (χ1n) is 3.82. The molecular weight excluding hydrogens is 168 g/mol. The molecule has 0 aliphatic rings. The lowest BCUT2D eigenvalue weighted by molar-refractivity contribution is -0.114. The van der Waals surface area contributed by atoms with Crippen LogP contribution in [0.15, 0.2) is 24.8 Å². The zero-order chi connectivity index (χ0) is 9.26. The molecule has 5 nitrogen and oxygen atoms in total. The van der Waals surface area contributed by atoms with Gasteiger partial charge in [0.15, 0.2) is 11.5 Å². The molecule has 0 aliphatic heterocycles. The topological polar surface area (TPSA) is 59.3 Å². The van der Waals surface area contributed by atoms with Gasteiger partial charge in [-0.05, 0) is 6.07 Å². The maximum absolute atomic E-state index is 10.8. The van der Waals surface area contributed by atoms with Gasteiger partial charge in [-0.3, -0.25) is 9.20 Å². The average molecular weight is 176 g/mol. The number of hydrogen-bond donors (Lipinski definition) is 1. The molecule has 13 heavy (non-hydrogen) atoms. The molecule has 66 valence electrons. The van der Waals surface area contributed by atoms with Gasteiger partial charge in [-0.2, -0.15) is 0 Å². The Morgan fingerprint density at radius 3 is 3.15 bits per heavy atom. The van der Waals surface area contributed by atoms with Gasteiger partial charge in [0.25, 0.3) is 0 Å². The zero-order valence-corrected chi connectivity index (χ0v) is 7.06. The van der Waals surface area contributed by atoms with Gasteiger partial charge < -0.3 is 5.32 Å². The first kappa shape index (κ1) is 7.72. The van der Waals surface area contributed by atoms with Crippen molar-refractivity contribution in [3.8, 4) is 0 Å². The van der Waals surface area contributed by atoms with Crippen LogP contribution in [-0.2, 0) is 4.79 Å². The molecule has 0 saturated heterocycles. The van der Waals surface area contributed by atoms with Crippen LogP contribution in [-0.4, -0.2) is 20.3 Å². The first-order chi connectivity index (χ1) is 6.27. The van der Waals surface area contributed by atoms with E-state index in [-0.39, 0.29) is 5.91 Å². The van der Waals surface area contributed by atoms with Gasteiger partial charge in [-0.25, -0.2) is 9.97 Å². The van der Waals surface area contributed by atoms with E-state index in [9.17, 15) is 4.79 Å². The van der Waals surface area contributed by atoms with E-state index in [2.05, 4.69) is 15.3 Å². The van der Waals surface area contributed by atoms with Crippen LogP contribution < -0.4 is 5.32 Å². The van der Waals surface area contributed by atoms with E-state index in [1.165, 1.54) is 6.92 Å². The molecule has 1 N–H and O–H groups in total. The van der Waals surface area contributed by atoms with Gasteiger partial charge in [-0.15, -0.1) is 0 Å². The van der Waals surface area contributed by atoms with Gasteiger partial charge in [-0.1, -0.05) is 0 Å². The predicted molar refractivity (Wildman–Crippen MR) is 47.3 cm³/mol. The molecule has 0 unspecified atom stereocenters. The summed E-state index contributed by atoms with van der Waals surface area (Å²) in [5, 5.41) is 2.59. The molecule has 2 aromatic rings. The Kier molecular flexibility index (Phi) is 1.70. The SMILES string of the molecule is CC(=O)Nc1ncn2cccnc12. The summed E-state index contributed by atoms with van der Waals surface area (Å²) < 4.78 is 1.74. The van der Waals surface area contributed by atoms with E-state index in [1.54, 1.807) is 23.0 Å². The standard InChI is InChI=1S/C8H8N4O/c1-6(13)11-7-8-9-3-2-4-12(8)5-10-7/h2-5H,1H3,(H,11,13). The number of nitrogens with zero attached hydrogens (tertiary/aromatic N) is 3. The smallest absolute Gasteiger partial charge is 0.222 e. The normalized spacial score (nSPS) is 10.2. The summed E-state index contributed by atoms with van der Waals surface area (Å²) in [6, 6.07) is 1.80. The average Bonchev–Trinajstić information content (AvgIpc) is 2.48. The van der Waals surface area contributed by atoms with Crippen molar-refractivity contribution < 1.29 is 4.79 Å². The number of imidazole rings is 1. The number of anilines is 1. The first-order valence-corrected chi connectivity index (χ1v) is 3.82. The summed E-state index contributed by atoms with van der Waals surface area (Å²) in [5.41, 5.74) is 0.651. The lowest BCUT2D eigenvalue weighted by Gasteiger charge is -1.96. The minimum atomic E-state index is -0.147. The van der Waals surface area contributed by atoms with Crippen molar-refractivity contribution in [3.63, 3.8) is 0 Å². The fourth-order valence-corrected chi connectivity index (χ4v) is 1.09. The number of nitrogens with one attached hydrogen (secondary N) is 1. The highest BCUT2D eigenvalue weighted by molar-refractivity contribution is 5.91. The molecule has 2 aromatic heterocycles. The van der Waals surface area contributed by atoms with Gasteiger partial charge in [0.05, 0.1) is 0 Å². The third-order valence-corrected chi connectivity index (χ3v) is 1.59. The van der Waals surface area contributed by atoms with E-state index in [0.717, 1.165) is 0 Å². The van der Waals surface area contributed by atoms with Crippen molar-refractivity contribution in [1.29, 1.82) is 0 Å². The third-order valence-electron chi connectivity index (χ3n) is 1.59. The van der Waals surface area contributed by atoms with Gasteiger partial charge in [0, 0.05) is 19.3 Å². The zero-order valence-electron chi connectivity index (χ0n) is 7.06. The fraction of sp³-hybridized carbons (Fsp3) is 0.125. The molecule has 0 radical (unpaired) electrons. The number of rotatable bonds is 1. The van der Waals surface area contributed by atoms with Crippen molar-refractivity contribution in [2.24, 2.45) is 0 Å². The predicted octanol–water partition coefficient (Wildman–Crippen LogP) is 0.688. The second kappa shape index (κ2) is 2.85. The van der Waals surface area contributed by atoms with E-state index in [1.807, 2.05) is 6.20 Å². The summed E-state index contributed by atoms with van der Waals surface area (Å²) in [4.78, 5) is 18.9. The number of fused-ring (bicyclic) bond motifs is 1. The van der Waals surface area contributed by atoms with Crippen molar-refractivity contribution >= 4 is 17.4 Å². The number of carbonyl (C=O) groups is 1. The Morgan fingerprint density at radius 1 is 1.54 bits per heavy atom. The third kappa shape index (κ3) is 1.35. The quantitative estimate of drug-likeness (QED) is 0.695. The highest BCUT2D eigenvalue weighted by Crippen LogP contribution is 2.10. The van der Waals surface area contributed by atoms with E-state index < -0.39 is 0 Å². The van der Waals surface area contributed by atoms with Crippen LogP contribution >= 0.6 is 0 Å². The van der Waals surface area contributed by atoms with Crippen LogP contribution in [0.2, 0.25) is 0 Å². The molecule has 0 bridgehead atoms. The van der Waals surface area contributed by atoms with Crippen LogP contribution in [0.1, 0.15) is 6.92 Å². The molecule has 1 amide bonds. The summed E-state index contributed by atoms with van der Waals surface area (Å²) in [6.45, 7) is 1.44. The fourth-order valence-electron chi connectivity index (χ4n) is 1.09. The minimum absolute atomic E-state index is 0.147. The molecule has 2 rings (SSSR count). The second-order valence-electron chi connectivity index (χ2n) is 2.62.